The van der Waals surface area contributed by atoms with E-state index in [1.807, 2.05) is 7.05 Å². The molecule has 1 amide bonds. The van der Waals surface area contributed by atoms with E-state index >= 15 is 0 Å². The number of amides is 1. The molecule has 28 heavy (non-hydrogen) atoms. The van der Waals surface area contributed by atoms with Crippen LogP contribution in [0, 0.1) is 29.6 Å². The van der Waals surface area contributed by atoms with E-state index < -0.39 is 33.4 Å². The van der Waals surface area contributed by atoms with Gasteiger partial charge in [0, 0.05) is 19.3 Å². The summed E-state index contributed by atoms with van der Waals surface area (Å²) in [5.41, 5.74) is 2.25. The van der Waals surface area contributed by atoms with Gasteiger partial charge in [-0.2, -0.15) is 0 Å². The minimum absolute atomic E-state index is 0.0169. The Bertz CT molecular complexity index is 701. The molecular weight excluding hydrogens is 407 g/mol. The van der Waals surface area contributed by atoms with E-state index in [0.29, 0.717) is 24.7 Å². The third-order valence-electron chi connectivity index (χ3n) is 6.98. The summed E-state index contributed by atoms with van der Waals surface area (Å²) in [6.07, 6.45) is 2.51. The van der Waals surface area contributed by atoms with Crippen LogP contribution in [0.25, 0.3) is 0 Å². The Hall–Kier alpha value is -0.480. The average Bonchev–Trinajstić information content (AvgIpc) is 3.01. The number of hydrogen-bond donors (Lipinski definition) is 3. The van der Waals surface area contributed by atoms with E-state index in [1.54, 1.807) is 0 Å². The predicted octanol–water partition coefficient (Wildman–Crippen LogP) is 0.816. The van der Waals surface area contributed by atoms with Crippen molar-refractivity contribution in [2.45, 2.75) is 49.7 Å². The zero-order valence-corrected chi connectivity index (χ0v) is 17.7. The van der Waals surface area contributed by atoms with Crippen molar-refractivity contribution in [3.8, 4) is 0 Å². The maximum Gasteiger partial charge on any atom is 0.241 e. The molecule has 4 fully saturated rings. The van der Waals surface area contributed by atoms with Gasteiger partial charge in [-0.05, 0) is 62.8 Å². The molecule has 4 aliphatic rings. The molecule has 4 rings (SSSR count). The van der Waals surface area contributed by atoms with E-state index in [2.05, 4.69) is 20.5 Å². The lowest BCUT2D eigenvalue weighted by atomic mass is 9.76. The van der Waals surface area contributed by atoms with Crippen molar-refractivity contribution >= 4 is 27.5 Å². The Morgan fingerprint density at radius 3 is 2.54 bits per heavy atom. The fraction of sp³-hybridized carbons (Fsp3) is 0.944. The van der Waals surface area contributed by atoms with Crippen LogP contribution in [0.4, 0.5) is 4.39 Å². The second-order valence-electron chi connectivity index (χ2n) is 9.27. The topological polar surface area (TPSA) is 90.5 Å². The van der Waals surface area contributed by atoms with Crippen LogP contribution in [0.1, 0.15) is 32.1 Å². The molecule has 3 N–H and O–H groups in total. The molecule has 0 bridgehead atoms. The Labute approximate surface area is 171 Å². The van der Waals surface area contributed by atoms with Gasteiger partial charge in [0.25, 0.3) is 0 Å². The second kappa shape index (κ2) is 7.98. The number of halogens is 2. The number of carbonyl (C=O) groups is 1. The summed E-state index contributed by atoms with van der Waals surface area (Å²) in [7, 11) is -1.63. The van der Waals surface area contributed by atoms with Crippen LogP contribution in [0.3, 0.4) is 0 Å². The van der Waals surface area contributed by atoms with E-state index in [4.69, 9.17) is 11.6 Å². The maximum atomic E-state index is 14.6. The molecule has 0 aromatic rings. The number of sulfonamides is 1. The number of carbonyl (C=O) groups excluding carboxylic acids is 1. The first-order valence-corrected chi connectivity index (χ1v) is 12.3. The quantitative estimate of drug-likeness (QED) is 0.423. The molecule has 7 unspecified atom stereocenters. The van der Waals surface area contributed by atoms with Crippen molar-refractivity contribution < 1.29 is 17.6 Å². The number of hydrazine groups is 1. The largest absolute Gasteiger partial charge is 0.300 e. The van der Waals surface area contributed by atoms with Crippen LogP contribution in [-0.4, -0.2) is 62.8 Å². The molecule has 3 aliphatic carbocycles. The molecule has 1 saturated heterocycles. The highest BCUT2D eigenvalue weighted by molar-refractivity contribution is 7.89. The molecule has 160 valence electrons. The number of alkyl halides is 2. The molecular formula is C18H30ClFN4O3S. The third kappa shape index (κ3) is 4.64. The van der Waals surface area contributed by atoms with Gasteiger partial charge in [0.2, 0.25) is 15.9 Å². The first kappa shape index (κ1) is 20.8. The highest BCUT2D eigenvalue weighted by atomic mass is 35.5. The van der Waals surface area contributed by atoms with Crippen LogP contribution in [-0.2, 0) is 14.8 Å². The molecule has 7 atom stereocenters. The first-order chi connectivity index (χ1) is 13.2. The zero-order valence-electron chi connectivity index (χ0n) is 16.1. The second-order valence-corrected chi connectivity index (χ2v) is 11.6. The summed E-state index contributed by atoms with van der Waals surface area (Å²) >= 11 is 6.20. The Morgan fingerprint density at radius 2 is 1.89 bits per heavy atom. The van der Waals surface area contributed by atoms with Crippen molar-refractivity contribution in [2.24, 2.45) is 29.6 Å². The van der Waals surface area contributed by atoms with E-state index in [9.17, 15) is 17.6 Å². The number of nitrogens with zero attached hydrogens (tertiary/aromatic N) is 1. The van der Waals surface area contributed by atoms with Crippen molar-refractivity contribution in [1.29, 1.82) is 0 Å². The van der Waals surface area contributed by atoms with Gasteiger partial charge in [-0.1, -0.05) is 0 Å². The van der Waals surface area contributed by atoms with E-state index in [1.165, 1.54) is 6.42 Å². The molecule has 0 spiro atoms. The molecule has 0 radical (unpaired) electrons. The van der Waals surface area contributed by atoms with E-state index in [-0.39, 0.29) is 23.6 Å². The fourth-order valence-electron chi connectivity index (χ4n) is 5.41. The Morgan fingerprint density at radius 1 is 1.18 bits per heavy atom. The SMILES string of the molecule is CN1CNC(C2CC(Cl)C(F)C(C(=O)NNS(=O)(=O)CC3CC4CC4C3)C2)C1. The molecule has 7 nitrogen and oxygen atoms in total. The normalized spacial score (nSPS) is 43.7. The van der Waals surface area contributed by atoms with Crippen LogP contribution in [0.5, 0.6) is 0 Å². The van der Waals surface area contributed by atoms with Crippen molar-refractivity contribution in [2.75, 3.05) is 26.0 Å². The predicted molar refractivity (Wildman–Crippen MR) is 105 cm³/mol. The van der Waals surface area contributed by atoms with Crippen molar-refractivity contribution in [1.82, 2.24) is 20.5 Å². The van der Waals surface area contributed by atoms with Gasteiger partial charge in [-0.3, -0.25) is 20.4 Å². The maximum absolute atomic E-state index is 14.6. The fourth-order valence-corrected chi connectivity index (χ4v) is 7.04. The zero-order chi connectivity index (χ0) is 20.1. The highest BCUT2D eigenvalue weighted by Crippen LogP contribution is 2.54. The van der Waals surface area contributed by atoms with Crippen LogP contribution >= 0.6 is 11.6 Å². The molecule has 3 saturated carbocycles. The highest BCUT2D eigenvalue weighted by Gasteiger charge is 2.47. The van der Waals surface area contributed by atoms with Crippen LogP contribution in [0.2, 0.25) is 0 Å². The summed E-state index contributed by atoms with van der Waals surface area (Å²) in [6, 6.07) is 0.166. The number of rotatable bonds is 6. The van der Waals surface area contributed by atoms with E-state index in [0.717, 1.165) is 26.1 Å². The van der Waals surface area contributed by atoms with Crippen molar-refractivity contribution in [3.63, 3.8) is 0 Å². The van der Waals surface area contributed by atoms with Gasteiger partial charge in [-0.15, -0.1) is 16.4 Å². The van der Waals surface area contributed by atoms with Gasteiger partial charge >= 0.3 is 0 Å². The van der Waals surface area contributed by atoms with Gasteiger partial charge in [-0.25, -0.2) is 12.8 Å². The number of fused-ring (bicyclic) bond motifs is 1. The summed E-state index contributed by atoms with van der Waals surface area (Å²) in [6.45, 7) is 1.59. The van der Waals surface area contributed by atoms with Crippen molar-refractivity contribution in [3.05, 3.63) is 0 Å². The standard InChI is InChI=1S/C18H30ClFN4O3S/c1-24-7-16(21-9-24)13-5-14(17(20)15(19)6-13)18(25)22-23-28(26,27)8-10-2-11-4-12(11)3-10/h10-17,21,23H,2-9H2,1H3,(H,22,25). The number of likely N-dealkylation sites (N-methyl/N-ethyl adjacent to an activating group) is 1. The minimum Gasteiger partial charge on any atom is -0.300 e. The van der Waals surface area contributed by atoms with Gasteiger partial charge in [0.1, 0.15) is 6.17 Å². The molecule has 1 heterocycles. The van der Waals surface area contributed by atoms with Crippen LogP contribution in [0.15, 0.2) is 0 Å². The number of nitrogens with one attached hydrogen (secondary N) is 3. The average molecular weight is 437 g/mol. The van der Waals surface area contributed by atoms with Gasteiger partial charge in [0.15, 0.2) is 0 Å². The minimum atomic E-state index is -3.63. The summed E-state index contributed by atoms with van der Waals surface area (Å²) in [5.74, 6) is 0.0715. The van der Waals surface area contributed by atoms with Gasteiger partial charge < -0.3 is 0 Å². The lowest BCUT2D eigenvalue weighted by molar-refractivity contribution is -0.129. The third-order valence-corrected chi connectivity index (χ3v) is 8.72. The Kier molecular flexibility index (Phi) is 5.92. The molecule has 10 heteroatoms. The summed E-state index contributed by atoms with van der Waals surface area (Å²) in [5, 5.41) is 2.63. The Balaban J connectivity index is 1.30. The molecule has 0 aromatic carbocycles. The molecule has 1 aliphatic heterocycles. The smallest absolute Gasteiger partial charge is 0.241 e. The summed E-state index contributed by atoms with van der Waals surface area (Å²) < 4.78 is 39.2. The number of hydrogen-bond acceptors (Lipinski definition) is 5. The first-order valence-electron chi connectivity index (χ1n) is 10.2. The lowest BCUT2D eigenvalue weighted by Gasteiger charge is -2.37. The van der Waals surface area contributed by atoms with Gasteiger partial charge in [0.05, 0.1) is 17.0 Å². The molecule has 0 aromatic heterocycles. The van der Waals surface area contributed by atoms with Crippen LogP contribution < -0.4 is 15.6 Å². The summed E-state index contributed by atoms with van der Waals surface area (Å²) in [4.78, 5) is 16.9. The monoisotopic (exact) mass is 436 g/mol. The lowest BCUT2D eigenvalue weighted by Crippen LogP contribution is -2.52.